The van der Waals surface area contributed by atoms with Crippen molar-refractivity contribution in [3.63, 3.8) is 0 Å². The second-order valence-electron chi connectivity index (χ2n) is 7.88. The summed E-state index contributed by atoms with van der Waals surface area (Å²) in [5.41, 5.74) is 1.21. The van der Waals surface area contributed by atoms with Crippen LogP contribution in [0.1, 0.15) is 21.7 Å². The van der Waals surface area contributed by atoms with Crippen molar-refractivity contribution in [2.24, 2.45) is 0 Å². The summed E-state index contributed by atoms with van der Waals surface area (Å²) in [6, 6.07) is 1.16. The highest BCUT2D eigenvalue weighted by atomic mass is 79.9. The highest BCUT2D eigenvalue weighted by molar-refractivity contribution is 9.10. The Hall–Kier alpha value is -2.71. The lowest BCUT2D eigenvalue weighted by atomic mass is 10.1. The number of aromatic nitrogens is 2. The highest BCUT2D eigenvalue weighted by Crippen LogP contribution is 2.28. The molecule has 1 atom stereocenters. The van der Waals surface area contributed by atoms with Crippen molar-refractivity contribution in [3.8, 4) is 0 Å². The van der Waals surface area contributed by atoms with Crippen LogP contribution in [0.5, 0.6) is 0 Å². The predicted octanol–water partition coefficient (Wildman–Crippen LogP) is 2.75. The standard InChI is InChI=1S/C20H21BrF4N6O3/c1-29-19(32)18-11-9-30(20(33)27-16-4-12(21)13(22)5-14(16)23)3-2-15(11)28-31(18)8-10(34-29)6-26-7-17(24)25/h4-5,10,17,26H,2-3,6-9H2,1H3,(H,27,33). The summed E-state index contributed by atoms with van der Waals surface area (Å²) in [7, 11) is 1.42. The van der Waals surface area contributed by atoms with Gasteiger partial charge in [-0.15, -0.1) is 0 Å². The molecule has 2 aromatic rings. The number of nitrogens with zero attached hydrogens (tertiary/aromatic N) is 4. The second kappa shape index (κ2) is 9.88. The molecule has 0 fully saturated rings. The van der Waals surface area contributed by atoms with Crippen molar-refractivity contribution >= 4 is 33.6 Å². The third-order valence-corrected chi connectivity index (χ3v) is 6.09. The number of benzene rings is 1. The summed E-state index contributed by atoms with van der Waals surface area (Å²) < 4.78 is 53.9. The molecule has 2 aliphatic rings. The SMILES string of the molecule is CN1OC(CNCC(F)F)Cn2nc3c(c2C1=O)CN(C(=O)Nc1cc(Br)c(F)cc1F)CC3. The van der Waals surface area contributed by atoms with Gasteiger partial charge in [0.25, 0.3) is 12.3 Å². The van der Waals surface area contributed by atoms with Crippen molar-refractivity contribution in [3.05, 3.63) is 45.2 Å². The Balaban J connectivity index is 1.52. The molecular formula is C20H21BrF4N6O3. The van der Waals surface area contributed by atoms with Crippen molar-refractivity contribution in [2.45, 2.75) is 32.0 Å². The lowest BCUT2D eigenvalue weighted by Gasteiger charge is -2.27. The van der Waals surface area contributed by atoms with E-state index in [-0.39, 0.29) is 42.0 Å². The van der Waals surface area contributed by atoms with Crippen LogP contribution >= 0.6 is 15.9 Å². The monoisotopic (exact) mass is 548 g/mol. The Kier molecular flexibility index (Phi) is 7.09. The van der Waals surface area contributed by atoms with E-state index in [1.807, 2.05) is 0 Å². The average molecular weight is 549 g/mol. The van der Waals surface area contributed by atoms with Gasteiger partial charge in [0.15, 0.2) is 0 Å². The number of hydrogen-bond donors (Lipinski definition) is 2. The second-order valence-corrected chi connectivity index (χ2v) is 8.74. The van der Waals surface area contributed by atoms with Gasteiger partial charge in [-0.3, -0.25) is 14.3 Å². The van der Waals surface area contributed by atoms with Gasteiger partial charge in [0.1, 0.15) is 23.4 Å². The maximum absolute atomic E-state index is 14.1. The van der Waals surface area contributed by atoms with E-state index in [9.17, 15) is 27.2 Å². The number of fused-ring (bicyclic) bond motifs is 3. The topological polar surface area (TPSA) is 91.7 Å². The minimum Gasteiger partial charge on any atom is -0.320 e. The minimum atomic E-state index is -2.51. The van der Waals surface area contributed by atoms with E-state index < -0.39 is 42.6 Å². The Morgan fingerprint density at radius 3 is 2.82 bits per heavy atom. The van der Waals surface area contributed by atoms with Gasteiger partial charge in [0.2, 0.25) is 0 Å². The Labute approximate surface area is 200 Å². The molecule has 34 heavy (non-hydrogen) atoms. The molecule has 4 rings (SSSR count). The molecule has 0 saturated heterocycles. The summed E-state index contributed by atoms with van der Waals surface area (Å²) in [6.45, 7) is 0.0255. The molecule has 0 bridgehead atoms. The highest BCUT2D eigenvalue weighted by Gasteiger charge is 2.35. The van der Waals surface area contributed by atoms with Gasteiger partial charge in [-0.1, -0.05) is 0 Å². The predicted molar refractivity (Wildman–Crippen MR) is 115 cm³/mol. The summed E-state index contributed by atoms with van der Waals surface area (Å²) >= 11 is 2.96. The zero-order chi connectivity index (χ0) is 24.6. The Morgan fingerprint density at radius 1 is 1.32 bits per heavy atom. The van der Waals surface area contributed by atoms with Crippen molar-refractivity contribution in [1.82, 2.24) is 25.1 Å². The van der Waals surface area contributed by atoms with Gasteiger partial charge in [-0.25, -0.2) is 27.4 Å². The van der Waals surface area contributed by atoms with E-state index in [1.54, 1.807) is 0 Å². The number of hydroxylamine groups is 2. The zero-order valence-electron chi connectivity index (χ0n) is 18.0. The number of halogens is 5. The van der Waals surface area contributed by atoms with Crippen LogP contribution < -0.4 is 10.6 Å². The van der Waals surface area contributed by atoms with Crippen LogP contribution in [-0.2, 0) is 24.3 Å². The van der Waals surface area contributed by atoms with Crippen molar-refractivity contribution < 1.29 is 32.0 Å². The van der Waals surface area contributed by atoms with E-state index >= 15 is 0 Å². The van der Waals surface area contributed by atoms with Crippen LogP contribution in [0.4, 0.5) is 28.0 Å². The number of urea groups is 1. The number of hydrogen-bond acceptors (Lipinski definition) is 5. The number of carbonyl (C=O) groups is 2. The molecule has 0 radical (unpaired) electrons. The zero-order valence-corrected chi connectivity index (χ0v) is 19.5. The average Bonchev–Trinajstić information content (AvgIpc) is 3.07. The third-order valence-electron chi connectivity index (χ3n) is 5.48. The molecule has 3 heterocycles. The van der Waals surface area contributed by atoms with Crippen LogP contribution in [0.2, 0.25) is 0 Å². The lowest BCUT2D eigenvalue weighted by molar-refractivity contribution is -0.146. The lowest BCUT2D eigenvalue weighted by Crippen LogP contribution is -2.40. The molecule has 9 nitrogen and oxygen atoms in total. The summed E-state index contributed by atoms with van der Waals surface area (Å²) in [4.78, 5) is 32.7. The Bertz CT molecular complexity index is 1110. The third kappa shape index (κ3) is 5.03. The van der Waals surface area contributed by atoms with E-state index in [2.05, 4.69) is 31.7 Å². The van der Waals surface area contributed by atoms with Crippen molar-refractivity contribution in [1.29, 1.82) is 0 Å². The molecule has 1 aromatic heterocycles. The number of nitrogens with one attached hydrogen (secondary N) is 2. The molecule has 3 amide bonds. The van der Waals surface area contributed by atoms with Crippen LogP contribution in [0.15, 0.2) is 16.6 Å². The van der Waals surface area contributed by atoms with E-state index in [0.717, 1.165) is 11.1 Å². The maximum atomic E-state index is 14.1. The van der Waals surface area contributed by atoms with Gasteiger partial charge < -0.3 is 15.5 Å². The van der Waals surface area contributed by atoms with Crippen molar-refractivity contribution in [2.75, 3.05) is 32.0 Å². The minimum absolute atomic E-state index is 0.00156. The van der Waals surface area contributed by atoms with Crippen LogP contribution in [-0.4, -0.2) is 70.9 Å². The quantitative estimate of drug-likeness (QED) is 0.443. The number of anilines is 1. The first kappa shape index (κ1) is 24.4. The van der Waals surface area contributed by atoms with Crippen LogP contribution in [0, 0.1) is 11.6 Å². The number of carbonyl (C=O) groups excluding carboxylic acids is 2. The van der Waals surface area contributed by atoms with Gasteiger partial charge >= 0.3 is 6.03 Å². The number of amides is 3. The molecule has 2 N–H and O–H groups in total. The fourth-order valence-electron chi connectivity index (χ4n) is 3.89. The molecule has 2 aliphatic heterocycles. The van der Waals surface area contributed by atoms with E-state index in [4.69, 9.17) is 4.84 Å². The van der Waals surface area contributed by atoms with Gasteiger partial charge in [0, 0.05) is 38.2 Å². The molecule has 184 valence electrons. The largest absolute Gasteiger partial charge is 0.322 e. The van der Waals surface area contributed by atoms with E-state index in [0.29, 0.717) is 23.7 Å². The molecule has 1 aromatic carbocycles. The first-order chi connectivity index (χ1) is 16.1. The smallest absolute Gasteiger partial charge is 0.320 e. The molecule has 14 heteroatoms. The van der Waals surface area contributed by atoms with Gasteiger partial charge in [-0.05, 0) is 22.0 Å². The number of rotatable bonds is 5. The van der Waals surface area contributed by atoms with E-state index in [1.165, 1.54) is 16.6 Å². The first-order valence-corrected chi connectivity index (χ1v) is 11.2. The summed E-state index contributed by atoms with van der Waals surface area (Å²) in [6.07, 6.45) is -2.78. The molecule has 1 unspecified atom stereocenters. The summed E-state index contributed by atoms with van der Waals surface area (Å²) in [5, 5.41) is 10.5. The maximum Gasteiger partial charge on any atom is 0.322 e. The normalized spacial score (nSPS) is 18.1. The van der Waals surface area contributed by atoms with Crippen LogP contribution in [0.3, 0.4) is 0 Å². The molecule has 0 spiro atoms. The number of alkyl halides is 2. The fraction of sp³-hybridized carbons (Fsp3) is 0.450. The van der Waals surface area contributed by atoms with Crippen LogP contribution in [0.25, 0.3) is 0 Å². The molecule has 0 aliphatic carbocycles. The first-order valence-electron chi connectivity index (χ1n) is 10.4. The fourth-order valence-corrected chi connectivity index (χ4v) is 4.23. The Morgan fingerprint density at radius 2 is 2.09 bits per heavy atom. The van der Waals surface area contributed by atoms with Gasteiger partial charge in [-0.2, -0.15) is 5.10 Å². The molecule has 0 saturated carbocycles. The summed E-state index contributed by atoms with van der Waals surface area (Å²) in [5.74, 6) is -2.21. The van der Waals surface area contributed by atoms with Gasteiger partial charge in [0.05, 0.1) is 35.5 Å². The molecular weight excluding hydrogens is 528 g/mol.